The second kappa shape index (κ2) is 16.7. The molecule has 16 rings (SSSR count). The third-order valence-corrected chi connectivity index (χ3v) is 15.8. The maximum Gasteiger partial charge on any atom is 0.145 e. The molecule has 354 valence electrons. The van der Waals surface area contributed by atoms with E-state index in [0.29, 0.717) is 0 Å². The lowest BCUT2D eigenvalue weighted by molar-refractivity contribution is 0.670. The zero-order valence-electron chi connectivity index (χ0n) is 41.1. The molecule has 0 N–H and O–H groups in total. The lowest BCUT2D eigenvalue weighted by Crippen LogP contribution is -2.11. The van der Waals surface area contributed by atoms with E-state index in [2.05, 4.69) is 276 Å². The molecule has 13 aromatic carbocycles. The third kappa shape index (κ3) is 6.31. The summed E-state index contributed by atoms with van der Waals surface area (Å²) in [5.41, 5.74) is 16.4. The summed E-state index contributed by atoms with van der Waals surface area (Å²) in [6.07, 6.45) is 0. The Morgan fingerprint density at radius 3 is 1.37 bits per heavy atom. The van der Waals surface area contributed by atoms with Gasteiger partial charge in [0.2, 0.25) is 0 Å². The predicted octanol–water partition coefficient (Wildman–Crippen LogP) is 20.5. The highest BCUT2D eigenvalue weighted by atomic mass is 16.3. The molecule has 3 heterocycles. The van der Waals surface area contributed by atoms with Gasteiger partial charge in [-0.1, -0.05) is 200 Å². The highest BCUT2D eigenvalue weighted by molar-refractivity contribution is 6.24. The van der Waals surface area contributed by atoms with Gasteiger partial charge in [0.05, 0.1) is 38.9 Å². The van der Waals surface area contributed by atoms with Crippen LogP contribution >= 0.6 is 0 Å². The summed E-state index contributed by atoms with van der Waals surface area (Å²) < 4.78 is 16.7. The van der Waals surface area contributed by atoms with Crippen LogP contribution in [0.15, 0.2) is 276 Å². The molecule has 0 saturated carbocycles. The van der Waals surface area contributed by atoms with Gasteiger partial charge in [0.15, 0.2) is 0 Å². The second-order valence-electron chi connectivity index (χ2n) is 19.9. The minimum Gasteiger partial charge on any atom is -0.455 e. The monoisotopic (exact) mass is 968 g/mol. The number of fused-ring (bicyclic) bond motifs is 12. The van der Waals surface area contributed by atoms with Crippen molar-refractivity contribution in [3.63, 3.8) is 0 Å². The summed E-state index contributed by atoms with van der Waals surface area (Å²) >= 11 is 0. The van der Waals surface area contributed by atoms with Crippen molar-refractivity contribution in [3.8, 4) is 39.1 Å². The first-order chi connectivity index (χ1) is 37.7. The van der Waals surface area contributed by atoms with Gasteiger partial charge in [0.1, 0.15) is 22.3 Å². The number of hydrogen-bond acceptors (Lipinski definition) is 3. The number of nitrogens with zero attached hydrogens (tertiary/aromatic N) is 2. The minimum atomic E-state index is 0.825. The fourth-order valence-corrected chi connectivity index (χ4v) is 12.5. The van der Waals surface area contributed by atoms with Gasteiger partial charge >= 0.3 is 0 Å². The molecular weight excluding hydrogens is 925 g/mol. The molecule has 0 amide bonds. The molecule has 0 saturated heterocycles. The van der Waals surface area contributed by atoms with Gasteiger partial charge in [0, 0.05) is 43.7 Å². The Labute approximate surface area is 437 Å². The van der Waals surface area contributed by atoms with Crippen LogP contribution in [0.1, 0.15) is 0 Å². The normalized spacial score (nSPS) is 11.9. The molecule has 0 aliphatic carbocycles. The summed E-state index contributed by atoms with van der Waals surface area (Å²) in [5.74, 6) is 0. The number of anilines is 3. The fourth-order valence-electron chi connectivity index (χ4n) is 12.5. The van der Waals surface area contributed by atoms with E-state index in [9.17, 15) is 0 Å². The number of para-hydroxylation sites is 3. The number of hydrogen-bond donors (Lipinski definition) is 0. The van der Waals surface area contributed by atoms with Crippen molar-refractivity contribution < 1.29 is 8.83 Å². The molecule has 4 heteroatoms. The molecule has 0 spiro atoms. The van der Waals surface area contributed by atoms with Gasteiger partial charge in [-0.2, -0.15) is 0 Å². The summed E-state index contributed by atoms with van der Waals surface area (Å²) in [5, 5.41) is 13.7. The van der Waals surface area contributed by atoms with Crippen molar-refractivity contribution in [2.24, 2.45) is 0 Å². The van der Waals surface area contributed by atoms with Crippen LogP contribution in [0.2, 0.25) is 0 Å². The Morgan fingerprint density at radius 1 is 0.276 bits per heavy atom. The lowest BCUT2D eigenvalue weighted by atomic mass is 9.94. The van der Waals surface area contributed by atoms with Crippen molar-refractivity contribution >= 4 is 115 Å². The molecule has 16 aromatic rings. The molecule has 3 aromatic heterocycles. The first-order valence-electron chi connectivity index (χ1n) is 26.0. The van der Waals surface area contributed by atoms with Gasteiger partial charge in [-0.3, -0.25) is 0 Å². The quantitative estimate of drug-likeness (QED) is 0.160. The van der Waals surface area contributed by atoms with E-state index >= 15 is 0 Å². The zero-order valence-corrected chi connectivity index (χ0v) is 41.1. The Kier molecular flexibility index (Phi) is 9.30. The van der Waals surface area contributed by atoms with Crippen LogP contribution in [0.4, 0.5) is 17.1 Å². The SMILES string of the molecule is c1ccc2c(-c3ccc(N(c4ccc(-c5cccc6ccccc56)c5oc6ccccc6c45)c4ccc(-c5cccc6c5c5ccccc5n6-c5cccc6ccccc56)c5oc6ccccc6c45)cc3)cccc2c1. The van der Waals surface area contributed by atoms with Crippen LogP contribution in [0.5, 0.6) is 0 Å². The molecule has 0 fully saturated rings. The van der Waals surface area contributed by atoms with Crippen molar-refractivity contribution in [1.29, 1.82) is 0 Å². The molecule has 0 bridgehead atoms. The topological polar surface area (TPSA) is 34.5 Å². The van der Waals surface area contributed by atoms with E-state index in [0.717, 1.165) is 105 Å². The van der Waals surface area contributed by atoms with Gasteiger partial charge < -0.3 is 18.3 Å². The average molecular weight is 969 g/mol. The molecule has 76 heavy (non-hydrogen) atoms. The first-order valence-corrected chi connectivity index (χ1v) is 26.0. The molecule has 0 aliphatic heterocycles. The summed E-state index contributed by atoms with van der Waals surface area (Å²) in [4.78, 5) is 2.44. The van der Waals surface area contributed by atoms with Crippen LogP contribution < -0.4 is 4.90 Å². The number of aromatic nitrogens is 1. The molecule has 4 nitrogen and oxygen atoms in total. The molecule has 0 unspecified atom stereocenters. The Bertz CT molecular complexity index is 5000. The Balaban J connectivity index is 0.979. The van der Waals surface area contributed by atoms with E-state index in [-0.39, 0.29) is 0 Å². The number of rotatable bonds is 7. The van der Waals surface area contributed by atoms with Gasteiger partial charge in [-0.25, -0.2) is 0 Å². The first kappa shape index (κ1) is 42.4. The van der Waals surface area contributed by atoms with Crippen LogP contribution in [-0.2, 0) is 0 Å². The van der Waals surface area contributed by atoms with Gasteiger partial charge in [-0.15, -0.1) is 0 Å². The van der Waals surface area contributed by atoms with Crippen molar-refractivity contribution in [2.45, 2.75) is 0 Å². The van der Waals surface area contributed by atoms with E-state index < -0.39 is 0 Å². The Hall–Kier alpha value is -10.2. The van der Waals surface area contributed by atoms with E-state index in [1.807, 2.05) is 0 Å². The van der Waals surface area contributed by atoms with Crippen LogP contribution in [0.25, 0.3) is 137 Å². The van der Waals surface area contributed by atoms with Crippen LogP contribution in [-0.4, -0.2) is 4.57 Å². The maximum absolute atomic E-state index is 7.24. The van der Waals surface area contributed by atoms with Crippen LogP contribution in [0.3, 0.4) is 0 Å². The van der Waals surface area contributed by atoms with Crippen molar-refractivity contribution in [2.75, 3.05) is 4.90 Å². The van der Waals surface area contributed by atoms with E-state index in [4.69, 9.17) is 8.83 Å². The van der Waals surface area contributed by atoms with E-state index in [1.54, 1.807) is 0 Å². The summed E-state index contributed by atoms with van der Waals surface area (Å²) in [6.45, 7) is 0. The van der Waals surface area contributed by atoms with Crippen molar-refractivity contribution in [3.05, 3.63) is 267 Å². The van der Waals surface area contributed by atoms with E-state index in [1.165, 1.54) is 48.7 Å². The van der Waals surface area contributed by atoms with Crippen molar-refractivity contribution in [1.82, 2.24) is 4.57 Å². The predicted molar refractivity (Wildman–Crippen MR) is 319 cm³/mol. The highest BCUT2D eigenvalue weighted by Gasteiger charge is 2.28. The molecule has 0 aliphatic rings. The van der Waals surface area contributed by atoms with Crippen LogP contribution in [0, 0.1) is 0 Å². The largest absolute Gasteiger partial charge is 0.455 e. The third-order valence-electron chi connectivity index (χ3n) is 15.8. The molecule has 0 radical (unpaired) electrons. The maximum atomic E-state index is 7.24. The number of furan rings is 2. The fraction of sp³-hybridized carbons (Fsp3) is 0. The Morgan fingerprint density at radius 2 is 0.724 bits per heavy atom. The standard InChI is InChI=1S/C72H44N2O2/c1-4-23-50-45(17-1)20-13-29-51(50)48-37-39-49(40-38-48)73(64-43-41-56(54-30-14-21-46-18-2-5-24-52(46)54)71-69(64)59-27-8-11-35-66(59)75-71)65-44-42-57(72-70(65)60-28-9-12-36-67(60)76-72)55-31-16-34-63-68(55)58-26-7-10-32-62(58)74(63)61-33-15-22-47-19-3-6-25-53(47)61/h1-44H. The number of benzene rings is 13. The van der Waals surface area contributed by atoms with Gasteiger partial charge in [0.25, 0.3) is 0 Å². The smallest absolute Gasteiger partial charge is 0.145 e. The zero-order chi connectivity index (χ0) is 49.8. The highest BCUT2D eigenvalue weighted by Crippen LogP contribution is 2.52. The van der Waals surface area contributed by atoms with Gasteiger partial charge in [-0.05, 0) is 116 Å². The second-order valence-corrected chi connectivity index (χ2v) is 19.9. The molecular formula is C72H44N2O2. The summed E-state index contributed by atoms with van der Waals surface area (Å²) in [7, 11) is 0. The average Bonchev–Trinajstić information content (AvgIpc) is 4.32. The lowest BCUT2D eigenvalue weighted by Gasteiger charge is -2.28. The molecule has 0 atom stereocenters. The minimum absolute atomic E-state index is 0.825. The summed E-state index contributed by atoms with van der Waals surface area (Å²) in [6, 6.07) is 96.3.